The van der Waals surface area contributed by atoms with Crippen LogP contribution in [0.3, 0.4) is 0 Å². The fraction of sp³-hybridized carbons (Fsp3) is 0.0455. The monoisotopic (exact) mass is 370 g/mol. The van der Waals surface area contributed by atoms with E-state index in [1.54, 1.807) is 19.5 Å². The maximum atomic E-state index is 5.81. The van der Waals surface area contributed by atoms with Gasteiger partial charge in [-0.3, -0.25) is 0 Å². The molecule has 138 valence electrons. The van der Waals surface area contributed by atoms with Crippen LogP contribution in [0, 0.1) is 0 Å². The van der Waals surface area contributed by atoms with Gasteiger partial charge in [0.15, 0.2) is 5.76 Å². The Balaban J connectivity index is 1.49. The number of anilines is 2. The van der Waals surface area contributed by atoms with Gasteiger partial charge in [-0.1, -0.05) is 24.3 Å². The molecule has 0 fully saturated rings. The Morgan fingerprint density at radius 3 is 2.54 bits per heavy atom. The topological polar surface area (TPSA) is 73.1 Å². The summed E-state index contributed by atoms with van der Waals surface area (Å²) in [6.45, 7) is 0. The highest BCUT2D eigenvalue weighted by atomic mass is 16.5. The van der Waals surface area contributed by atoms with Gasteiger partial charge in [-0.05, 0) is 48.0 Å². The van der Waals surface area contributed by atoms with E-state index in [1.807, 2.05) is 72.8 Å². The Bertz CT molecular complexity index is 1070. The molecule has 0 spiro atoms. The average Bonchev–Trinajstić information content (AvgIpc) is 3.23. The fourth-order valence-electron chi connectivity index (χ4n) is 2.58. The summed E-state index contributed by atoms with van der Waals surface area (Å²) in [4.78, 5) is 13.1. The number of methoxy groups -OCH3 is 1. The third kappa shape index (κ3) is 4.24. The molecule has 0 aliphatic rings. The zero-order chi connectivity index (χ0) is 19.2. The van der Waals surface area contributed by atoms with E-state index in [0.717, 1.165) is 17.1 Å². The molecule has 1 aromatic carbocycles. The number of ether oxygens (including phenoxy) is 1. The fourth-order valence-corrected chi connectivity index (χ4v) is 2.58. The lowest BCUT2D eigenvalue weighted by Crippen LogP contribution is -1.95. The van der Waals surface area contributed by atoms with Gasteiger partial charge in [0.2, 0.25) is 5.89 Å². The zero-order valence-electron chi connectivity index (χ0n) is 15.2. The normalized spacial score (nSPS) is 10.9. The first-order valence-electron chi connectivity index (χ1n) is 8.73. The number of nitrogens with one attached hydrogen (secondary N) is 1. The van der Waals surface area contributed by atoms with Crippen molar-refractivity contribution in [3.05, 3.63) is 84.5 Å². The summed E-state index contributed by atoms with van der Waals surface area (Å²) in [5, 5.41) is 3.17. The lowest BCUT2D eigenvalue weighted by molar-refractivity contribution is 0.415. The Labute approximate surface area is 162 Å². The number of oxazole rings is 1. The van der Waals surface area contributed by atoms with E-state index in [1.165, 1.54) is 0 Å². The molecule has 1 N–H and O–H groups in total. The van der Waals surface area contributed by atoms with Crippen molar-refractivity contribution < 1.29 is 9.15 Å². The summed E-state index contributed by atoms with van der Waals surface area (Å²) < 4.78 is 11.0. The van der Waals surface area contributed by atoms with Crippen LogP contribution in [-0.2, 0) is 0 Å². The summed E-state index contributed by atoms with van der Waals surface area (Å²) in [5.41, 5.74) is 1.72. The summed E-state index contributed by atoms with van der Waals surface area (Å²) in [6, 6.07) is 19.1. The molecule has 0 saturated heterocycles. The molecular formula is C22H18N4O2. The van der Waals surface area contributed by atoms with Gasteiger partial charge in [0.25, 0.3) is 0 Å². The van der Waals surface area contributed by atoms with Crippen molar-refractivity contribution in [1.82, 2.24) is 15.0 Å². The first kappa shape index (κ1) is 17.5. The Morgan fingerprint density at radius 1 is 0.893 bits per heavy atom. The minimum atomic E-state index is 0.510. The predicted molar refractivity (Wildman–Crippen MR) is 109 cm³/mol. The Morgan fingerprint density at radius 2 is 1.75 bits per heavy atom. The number of hydrogen-bond donors (Lipinski definition) is 1. The molecular weight excluding hydrogens is 352 g/mol. The molecule has 28 heavy (non-hydrogen) atoms. The molecule has 6 nitrogen and oxygen atoms in total. The van der Waals surface area contributed by atoms with E-state index in [0.29, 0.717) is 23.2 Å². The van der Waals surface area contributed by atoms with Crippen molar-refractivity contribution in [1.29, 1.82) is 0 Å². The number of hydrogen-bond acceptors (Lipinski definition) is 6. The van der Waals surface area contributed by atoms with Gasteiger partial charge in [-0.2, -0.15) is 0 Å². The molecule has 0 bridgehead atoms. The smallest absolute Gasteiger partial charge is 0.219 e. The molecule has 4 aromatic rings. The second-order valence-electron chi connectivity index (χ2n) is 5.92. The van der Waals surface area contributed by atoms with Crippen molar-refractivity contribution in [2.45, 2.75) is 0 Å². The van der Waals surface area contributed by atoms with E-state index in [4.69, 9.17) is 9.15 Å². The quantitative estimate of drug-likeness (QED) is 0.512. The van der Waals surface area contributed by atoms with E-state index in [-0.39, 0.29) is 0 Å². The van der Waals surface area contributed by atoms with Gasteiger partial charge in [0, 0.05) is 12.3 Å². The minimum Gasteiger partial charge on any atom is -0.497 e. The molecule has 0 amide bonds. The molecule has 3 aromatic heterocycles. The maximum Gasteiger partial charge on any atom is 0.219 e. The first-order valence-corrected chi connectivity index (χ1v) is 8.73. The SMILES string of the molecule is COc1ccc(C=Cc2ncc(-c3cccc(Nc4ccccn4)n3)o2)cc1. The van der Waals surface area contributed by atoms with Crippen molar-refractivity contribution >= 4 is 23.8 Å². The summed E-state index contributed by atoms with van der Waals surface area (Å²) in [7, 11) is 1.65. The van der Waals surface area contributed by atoms with E-state index >= 15 is 0 Å². The number of rotatable bonds is 6. The zero-order valence-corrected chi connectivity index (χ0v) is 15.2. The summed E-state index contributed by atoms with van der Waals surface area (Å²) in [5.74, 6) is 3.34. The van der Waals surface area contributed by atoms with Gasteiger partial charge in [-0.25, -0.2) is 15.0 Å². The molecule has 0 atom stereocenters. The van der Waals surface area contributed by atoms with Crippen LogP contribution in [0.15, 0.2) is 77.5 Å². The number of nitrogens with zero attached hydrogens (tertiary/aromatic N) is 3. The van der Waals surface area contributed by atoms with Gasteiger partial charge >= 0.3 is 0 Å². The molecule has 3 heterocycles. The second kappa shape index (κ2) is 8.18. The average molecular weight is 370 g/mol. The van der Waals surface area contributed by atoms with Crippen molar-refractivity contribution in [3.63, 3.8) is 0 Å². The maximum absolute atomic E-state index is 5.81. The molecule has 4 rings (SSSR count). The van der Waals surface area contributed by atoms with Crippen LogP contribution < -0.4 is 10.1 Å². The lowest BCUT2D eigenvalue weighted by Gasteiger charge is -2.05. The first-order chi connectivity index (χ1) is 13.8. The number of aromatic nitrogens is 3. The highest BCUT2D eigenvalue weighted by Gasteiger charge is 2.07. The van der Waals surface area contributed by atoms with Gasteiger partial charge in [0.1, 0.15) is 23.1 Å². The predicted octanol–water partition coefficient (Wildman–Crippen LogP) is 5.05. The molecule has 0 aliphatic carbocycles. The van der Waals surface area contributed by atoms with Crippen LogP contribution >= 0.6 is 0 Å². The van der Waals surface area contributed by atoms with Crippen molar-refractivity contribution in [2.24, 2.45) is 0 Å². The van der Waals surface area contributed by atoms with Gasteiger partial charge < -0.3 is 14.5 Å². The molecule has 0 radical (unpaired) electrons. The van der Waals surface area contributed by atoms with E-state index < -0.39 is 0 Å². The largest absolute Gasteiger partial charge is 0.497 e. The Hall–Kier alpha value is -3.93. The van der Waals surface area contributed by atoms with Gasteiger partial charge in [-0.15, -0.1) is 0 Å². The van der Waals surface area contributed by atoms with Crippen LogP contribution in [-0.4, -0.2) is 22.1 Å². The second-order valence-corrected chi connectivity index (χ2v) is 5.92. The van der Waals surface area contributed by atoms with Crippen molar-refractivity contribution in [3.8, 4) is 17.2 Å². The van der Waals surface area contributed by atoms with Crippen LogP contribution in [0.4, 0.5) is 11.6 Å². The minimum absolute atomic E-state index is 0.510. The van der Waals surface area contributed by atoms with Gasteiger partial charge in [0.05, 0.1) is 13.3 Å². The highest BCUT2D eigenvalue weighted by molar-refractivity contribution is 5.67. The Kier molecular flexibility index (Phi) is 5.11. The van der Waals surface area contributed by atoms with Crippen LogP contribution in [0.5, 0.6) is 5.75 Å². The summed E-state index contributed by atoms with van der Waals surface area (Å²) >= 11 is 0. The molecule has 6 heteroatoms. The third-order valence-electron chi connectivity index (χ3n) is 3.98. The van der Waals surface area contributed by atoms with Crippen LogP contribution in [0.2, 0.25) is 0 Å². The number of pyridine rings is 2. The summed E-state index contributed by atoms with van der Waals surface area (Å²) in [6.07, 6.45) is 7.15. The third-order valence-corrected chi connectivity index (χ3v) is 3.98. The lowest BCUT2D eigenvalue weighted by atomic mass is 10.2. The molecule has 0 unspecified atom stereocenters. The molecule has 0 saturated carbocycles. The van der Waals surface area contributed by atoms with Crippen molar-refractivity contribution in [2.75, 3.05) is 12.4 Å². The van der Waals surface area contributed by atoms with Crippen LogP contribution in [0.25, 0.3) is 23.6 Å². The molecule has 0 aliphatic heterocycles. The standard InChI is InChI=1S/C22H18N4O2/c1-27-17-11-8-16(9-12-17)10-13-22-24-15-19(28-22)18-5-4-7-21(25-18)26-20-6-2-3-14-23-20/h2-15H,1H3,(H,23,25,26). The van der Waals surface area contributed by atoms with Crippen LogP contribution in [0.1, 0.15) is 11.5 Å². The van der Waals surface area contributed by atoms with E-state index in [2.05, 4.69) is 20.3 Å². The highest BCUT2D eigenvalue weighted by Crippen LogP contribution is 2.22. The van der Waals surface area contributed by atoms with E-state index in [9.17, 15) is 0 Å². The number of benzene rings is 1.